The molecule has 0 aromatic heterocycles. The smallest absolute Gasteiger partial charge is 0.251 e. The summed E-state index contributed by atoms with van der Waals surface area (Å²) in [7, 11) is -3.71. The van der Waals surface area contributed by atoms with Crippen molar-refractivity contribution in [2.24, 2.45) is 16.7 Å². The molecule has 2 aromatic carbocycles. The number of benzene rings is 2. The van der Waals surface area contributed by atoms with Crippen LogP contribution in [-0.2, 0) is 16.6 Å². The zero-order valence-electron chi connectivity index (χ0n) is 19.6. The standard InChI is InChI=1S/C26H32N2O4S/c1-17(29)19-9-11-22(12-10-19)33(31,32)27-16-18-5-7-20(8-6-18)24(30)28-23-15-21-13-14-26(23,4)25(21,2)3/h5-12,21,23,27H,13-16H2,1-4H3,(H,28,30). The van der Waals surface area contributed by atoms with E-state index in [1.807, 2.05) is 0 Å². The lowest BCUT2D eigenvalue weighted by molar-refractivity contribution is 0.0826. The molecule has 2 aliphatic carbocycles. The van der Waals surface area contributed by atoms with Crippen LogP contribution in [-0.4, -0.2) is 26.2 Å². The Bertz CT molecular complexity index is 1170. The van der Waals surface area contributed by atoms with Gasteiger partial charge in [0.25, 0.3) is 5.91 Å². The van der Waals surface area contributed by atoms with E-state index in [0.29, 0.717) is 17.0 Å². The van der Waals surface area contributed by atoms with Crippen molar-refractivity contribution in [2.45, 2.75) is 64.4 Å². The Morgan fingerprint density at radius 1 is 0.970 bits per heavy atom. The fraction of sp³-hybridized carbons (Fsp3) is 0.462. The lowest BCUT2D eigenvalue weighted by Gasteiger charge is -2.39. The van der Waals surface area contributed by atoms with Crippen LogP contribution in [0.4, 0.5) is 0 Å². The first kappa shape index (κ1) is 23.6. The van der Waals surface area contributed by atoms with E-state index < -0.39 is 10.0 Å². The molecule has 0 aliphatic heterocycles. The molecule has 6 nitrogen and oxygen atoms in total. The fourth-order valence-corrected chi connectivity index (χ4v) is 6.59. The number of carbonyl (C=O) groups is 2. The lowest BCUT2D eigenvalue weighted by atomic mass is 9.69. The van der Waals surface area contributed by atoms with E-state index in [9.17, 15) is 18.0 Å². The summed E-state index contributed by atoms with van der Waals surface area (Å²) in [6.45, 7) is 8.49. The third-order valence-corrected chi connectivity index (χ3v) is 9.77. The normalized spacial score (nSPS) is 25.7. The van der Waals surface area contributed by atoms with Gasteiger partial charge in [0.1, 0.15) is 0 Å². The van der Waals surface area contributed by atoms with Gasteiger partial charge in [-0.1, -0.05) is 45.0 Å². The molecule has 2 N–H and O–H groups in total. The molecule has 7 heteroatoms. The van der Waals surface area contributed by atoms with Crippen LogP contribution in [0.1, 0.15) is 73.2 Å². The predicted octanol–water partition coefficient (Wildman–Crippen LogP) is 4.31. The van der Waals surface area contributed by atoms with E-state index in [2.05, 4.69) is 30.8 Å². The molecule has 2 aliphatic rings. The highest BCUT2D eigenvalue weighted by Crippen LogP contribution is 2.65. The van der Waals surface area contributed by atoms with Crippen molar-refractivity contribution in [1.29, 1.82) is 0 Å². The highest BCUT2D eigenvalue weighted by molar-refractivity contribution is 7.89. The summed E-state index contributed by atoms with van der Waals surface area (Å²) in [5.41, 5.74) is 2.15. The van der Waals surface area contributed by atoms with Gasteiger partial charge in [-0.25, -0.2) is 13.1 Å². The number of rotatable bonds is 7. The SMILES string of the molecule is CC(=O)c1ccc(S(=O)(=O)NCc2ccc(C(=O)NC3CC4CCC3(C)C4(C)C)cc2)cc1. The molecule has 1 amide bonds. The summed E-state index contributed by atoms with van der Waals surface area (Å²) < 4.78 is 27.6. The number of hydrogen-bond acceptors (Lipinski definition) is 4. The molecule has 2 aromatic rings. The van der Waals surface area contributed by atoms with E-state index in [1.165, 1.54) is 37.6 Å². The molecule has 2 saturated carbocycles. The van der Waals surface area contributed by atoms with Crippen molar-refractivity contribution in [1.82, 2.24) is 10.0 Å². The van der Waals surface area contributed by atoms with Gasteiger partial charge in [0.2, 0.25) is 10.0 Å². The van der Waals surface area contributed by atoms with Gasteiger partial charge in [0, 0.05) is 23.7 Å². The van der Waals surface area contributed by atoms with Crippen LogP contribution in [0, 0.1) is 16.7 Å². The van der Waals surface area contributed by atoms with Gasteiger partial charge in [-0.3, -0.25) is 9.59 Å². The van der Waals surface area contributed by atoms with Gasteiger partial charge in [0.05, 0.1) is 4.90 Å². The summed E-state index contributed by atoms with van der Waals surface area (Å²) in [5, 5.41) is 3.26. The Hall–Kier alpha value is -2.51. The second-order valence-corrected chi connectivity index (χ2v) is 12.0. The summed E-state index contributed by atoms with van der Waals surface area (Å²) in [5.74, 6) is 0.457. The summed E-state index contributed by atoms with van der Waals surface area (Å²) >= 11 is 0. The van der Waals surface area contributed by atoms with Crippen LogP contribution < -0.4 is 10.0 Å². The average molecular weight is 469 g/mol. The van der Waals surface area contributed by atoms with E-state index >= 15 is 0 Å². The van der Waals surface area contributed by atoms with Gasteiger partial charge < -0.3 is 5.32 Å². The molecule has 33 heavy (non-hydrogen) atoms. The Morgan fingerprint density at radius 3 is 2.09 bits per heavy atom. The van der Waals surface area contributed by atoms with Crippen LogP contribution in [0.2, 0.25) is 0 Å². The number of fused-ring (bicyclic) bond motifs is 2. The van der Waals surface area contributed by atoms with Crippen molar-refractivity contribution in [3.63, 3.8) is 0 Å². The fourth-order valence-electron chi connectivity index (χ4n) is 5.57. The monoisotopic (exact) mass is 468 g/mol. The van der Waals surface area contributed by atoms with Crippen LogP contribution in [0.5, 0.6) is 0 Å². The lowest BCUT2D eigenvalue weighted by Crippen LogP contribution is -2.46. The summed E-state index contributed by atoms with van der Waals surface area (Å²) in [6, 6.07) is 13.0. The van der Waals surface area contributed by atoms with Crippen molar-refractivity contribution in [2.75, 3.05) is 0 Å². The second kappa shape index (κ2) is 8.37. The predicted molar refractivity (Wildman–Crippen MR) is 127 cm³/mol. The minimum atomic E-state index is -3.71. The molecule has 0 radical (unpaired) electrons. The van der Waals surface area contributed by atoms with Crippen molar-refractivity contribution >= 4 is 21.7 Å². The molecule has 3 atom stereocenters. The number of amides is 1. The van der Waals surface area contributed by atoms with Gasteiger partial charge in [0.15, 0.2) is 5.78 Å². The van der Waals surface area contributed by atoms with Crippen LogP contribution in [0.3, 0.4) is 0 Å². The van der Waals surface area contributed by atoms with E-state index in [0.717, 1.165) is 18.4 Å². The van der Waals surface area contributed by atoms with E-state index in [4.69, 9.17) is 0 Å². The number of sulfonamides is 1. The Morgan fingerprint density at radius 2 is 1.58 bits per heavy atom. The molecule has 0 saturated heterocycles. The minimum absolute atomic E-state index is 0.0812. The third-order valence-electron chi connectivity index (χ3n) is 8.35. The molecule has 0 spiro atoms. The Kier molecular flexibility index (Phi) is 5.99. The molecule has 176 valence electrons. The molecular formula is C26H32N2O4S. The summed E-state index contributed by atoms with van der Waals surface area (Å²) in [6.07, 6.45) is 3.41. The zero-order valence-corrected chi connectivity index (χ0v) is 20.5. The number of carbonyl (C=O) groups excluding carboxylic acids is 2. The summed E-state index contributed by atoms with van der Waals surface area (Å²) in [4.78, 5) is 24.3. The molecule has 2 fully saturated rings. The van der Waals surface area contributed by atoms with Gasteiger partial charge >= 0.3 is 0 Å². The molecular weight excluding hydrogens is 436 g/mol. The third kappa shape index (κ3) is 4.24. The van der Waals surface area contributed by atoms with E-state index in [-0.39, 0.29) is 40.0 Å². The number of nitrogens with one attached hydrogen (secondary N) is 2. The second-order valence-electron chi connectivity index (χ2n) is 10.2. The van der Waals surface area contributed by atoms with Crippen LogP contribution >= 0.6 is 0 Å². The minimum Gasteiger partial charge on any atom is -0.349 e. The Balaban J connectivity index is 1.36. The van der Waals surface area contributed by atoms with Gasteiger partial charge in [-0.05, 0) is 72.8 Å². The quantitative estimate of drug-likeness (QED) is 0.592. The first-order valence-corrected chi connectivity index (χ1v) is 12.9. The topological polar surface area (TPSA) is 92.3 Å². The first-order chi connectivity index (χ1) is 15.4. The number of hydrogen-bond donors (Lipinski definition) is 2. The largest absolute Gasteiger partial charge is 0.349 e. The first-order valence-electron chi connectivity index (χ1n) is 11.4. The highest BCUT2D eigenvalue weighted by Gasteiger charge is 2.61. The van der Waals surface area contributed by atoms with Gasteiger partial charge in [-0.15, -0.1) is 0 Å². The molecule has 3 unspecified atom stereocenters. The van der Waals surface area contributed by atoms with Crippen molar-refractivity contribution < 1.29 is 18.0 Å². The number of ketones is 1. The maximum absolute atomic E-state index is 12.9. The maximum Gasteiger partial charge on any atom is 0.251 e. The maximum atomic E-state index is 12.9. The van der Waals surface area contributed by atoms with Gasteiger partial charge in [-0.2, -0.15) is 0 Å². The molecule has 4 rings (SSSR count). The van der Waals surface area contributed by atoms with Crippen LogP contribution in [0.25, 0.3) is 0 Å². The average Bonchev–Trinajstić information content (AvgIpc) is 3.12. The van der Waals surface area contributed by atoms with Crippen molar-refractivity contribution in [3.8, 4) is 0 Å². The van der Waals surface area contributed by atoms with E-state index in [1.54, 1.807) is 24.3 Å². The zero-order chi connectivity index (χ0) is 24.0. The van der Waals surface area contributed by atoms with Crippen LogP contribution in [0.15, 0.2) is 53.4 Å². The number of Topliss-reactive ketones (excluding diaryl/α,β-unsaturated/α-hetero) is 1. The highest BCUT2D eigenvalue weighted by atomic mass is 32.2. The molecule has 2 bridgehead atoms. The Labute approximate surface area is 196 Å². The van der Waals surface area contributed by atoms with Crippen molar-refractivity contribution in [3.05, 3.63) is 65.2 Å². The molecule has 0 heterocycles.